The molecule has 0 radical (unpaired) electrons. The minimum atomic E-state index is 0.505. The smallest absolute Gasteiger partial charge is 0.218 e. The first-order valence-corrected chi connectivity index (χ1v) is 6.44. The van der Waals surface area contributed by atoms with E-state index in [1.165, 1.54) is 0 Å². The average molecular weight is 252 g/mol. The second-order valence-corrected chi connectivity index (χ2v) is 4.50. The van der Waals surface area contributed by atoms with E-state index in [9.17, 15) is 0 Å². The van der Waals surface area contributed by atoms with Crippen molar-refractivity contribution < 1.29 is 4.74 Å². The zero-order valence-corrected chi connectivity index (χ0v) is 12.0. The van der Waals surface area contributed by atoms with Crippen LogP contribution in [-0.4, -0.2) is 42.8 Å². The van der Waals surface area contributed by atoms with Crippen molar-refractivity contribution in [2.45, 2.75) is 33.7 Å². The highest BCUT2D eigenvalue weighted by Crippen LogP contribution is 2.16. The largest absolute Gasteiger partial charge is 0.481 e. The molecule has 0 fully saturated rings. The summed E-state index contributed by atoms with van der Waals surface area (Å²) in [6, 6.07) is 2.39. The van der Waals surface area contributed by atoms with Crippen molar-refractivity contribution in [2.24, 2.45) is 0 Å². The molecule has 0 amide bonds. The number of aromatic nitrogens is 2. The lowest BCUT2D eigenvalue weighted by atomic mass is 10.3. The Labute approximate surface area is 110 Å². The summed E-state index contributed by atoms with van der Waals surface area (Å²) in [6.45, 7) is 11.1. The first-order valence-electron chi connectivity index (χ1n) is 6.44. The summed E-state index contributed by atoms with van der Waals surface area (Å²) in [5.41, 5.74) is 0. The van der Waals surface area contributed by atoms with Crippen LogP contribution in [0.3, 0.4) is 0 Å². The van der Waals surface area contributed by atoms with E-state index in [0.29, 0.717) is 11.9 Å². The van der Waals surface area contributed by atoms with Gasteiger partial charge in [-0.3, -0.25) is 0 Å². The van der Waals surface area contributed by atoms with E-state index < -0.39 is 0 Å². The van der Waals surface area contributed by atoms with Crippen LogP contribution in [0.4, 0.5) is 5.82 Å². The monoisotopic (exact) mass is 252 g/mol. The average Bonchev–Trinajstić information content (AvgIpc) is 2.33. The molecule has 0 saturated carbocycles. The Morgan fingerprint density at radius 1 is 1.39 bits per heavy atom. The molecule has 1 heterocycles. The fourth-order valence-corrected chi connectivity index (χ4v) is 1.71. The highest BCUT2D eigenvalue weighted by Gasteiger charge is 2.09. The Morgan fingerprint density at radius 3 is 2.67 bits per heavy atom. The lowest BCUT2D eigenvalue weighted by Gasteiger charge is -2.23. The van der Waals surface area contributed by atoms with Crippen LogP contribution >= 0.6 is 0 Å². The van der Waals surface area contributed by atoms with Crippen molar-refractivity contribution >= 4 is 5.82 Å². The van der Waals surface area contributed by atoms with E-state index in [-0.39, 0.29) is 0 Å². The fraction of sp³-hybridized carbons (Fsp3) is 0.692. The SMILES string of the molecule is CCN(CCNC(C)C)c1cc(OC)nc(C)n1. The van der Waals surface area contributed by atoms with E-state index in [2.05, 4.69) is 41.0 Å². The Bertz CT molecular complexity index is 368. The van der Waals surface area contributed by atoms with E-state index in [0.717, 1.165) is 31.3 Å². The van der Waals surface area contributed by atoms with Gasteiger partial charge >= 0.3 is 0 Å². The van der Waals surface area contributed by atoms with Crippen LogP contribution in [0.15, 0.2) is 6.07 Å². The number of aryl methyl sites for hydroxylation is 1. The van der Waals surface area contributed by atoms with E-state index in [4.69, 9.17) is 4.74 Å². The quantitative estimate of drug-likeness (QED) is 0.799. The molecule has 1 rings (SSSR count). The Morgan fingerprint density at radius 2 is 2.11 bits per heavy atom. The number of hydrogen-bond donors (Lipinski definition) is 1. The number of methoxy groups -OCH3 is 1. The zero-order chi connectivity index (χ0) is 13.5. The van der Waals surface area contributed by atoms with Crippen molar-refractivity contribution in [3.63, 3.8) is 0 Å². The van der Waals surface area contributed by atoms with Gasteiger partial charge in [0.05, 0.1) is 7.11 Å². The van der Waals surface area contributed by atoms with Crippen LogP contribution in [0.25, 0.3) is 0 Å². The summed E-state index contributed by atoms with van der Waals surface area (Å²) < 4.78 is 5.18. The van der Waals surface area contributed by atoms with Crippen molar-refractivity contribution in [1.82, 2.24) is 15.3 Å². The molecular weight excluding hydrogens is 228 g/mol. The van der Waals surface area contributed by atoms with Gasteiger partial charge in [-0.05, 0) is 13.8 Å². The van der Waals surface area contributed by atoms with Crippen molar-refractivity contribution in [1.29, 1.82) is 0 Å². The lowest BCUT2D eigenvalue weighted by molar-refractivity contribution is 0.395. The number of hydrogen-bond acceptors (Lipinski definition) is 5. The Hall–Kier alpha value is -1.36. The molecule has 0 unspecified atom stereocenters. The van der Waals surface area contributed by atoms with Crippen LogP contribution in [0.1, 0.15) is 26.6 Å². The van der Waals surface area contributed by atoms with Gasteiger partial charge < -0.3 is 15.0 Å². The molecule has 0 atom stereocenters. The molecule has 1 aromatic heterocycles. The van der Waals surface area contributed by atoms with Gasteiger partial charge in [-0.15, -0.1) is 0 Å². The molecule has 0 aromatic carbocycles. The van der Waals surface area contributed by atoms with E-state index in [1.807, 2.05) is 13.0 Å². The summed E-state index contributed by atoms with van der Waals surface area (Å²) in [7, 11) is 1.63. The number of anilines is 1. The zero-order valence-electron chi connectivity index (χ0n) is 12.0. The molecule has 0 aliphatic heterocycles. The Kier molecular flexibility index (Phi) is 5.85. The second-order valence-electron chi connectivity index (χ2n) is 4.50. The topological polar surface area (TPSA) is 50.3 Å². The molecule has 102 valence electrons. The summed E-state index contributed by atoms with van der Waals surface area (Å²) in [6.07, 6.45) is 0. The summed E-state index contributed by atoms with van der Waals surface area (Å²) in [5, 5.41) is 3.41. The normalized spacial score (nSPS) is 10.8. The number of nitrogens with one attached hydrogen (secondary N) is 1. The van der Waals surface area contributed by atoms with Crippen molar-refractivity contribution in [3.05, 3.63) is 11.9 Å². The van der Waals surface area contributed by atoms with Gasteiger partial charge in [0.25, 0.3) is 0 Å². The molecule has 1 aromatic rings. The maximum absolute atomic E-state index is 5.18. The highest BCUT2D eigenvalue weighted by atomic mass is 16.5. The van der Waals surface area contributed by atoms with Gasteiger partial charge in [-0.1, -0.05) is 13.8 Å². The van der Waals surface area contributed by atoms with Gasteiger partial charge in [0, 0.05) is 31.7 Å². The van der Waals surface area contributed by atoms with E-state index in [1.54, 1.807) is 7.11 Å². The van der Waals surface area contributed by atoms with Gasteiger partial charge in [0.1, 0.15) is 11.6 Å². The van der Waals surface area contributed by atoms with Gasteiger partial charge in [0.2, 0.25) is 5.88 Å². The van der Waals surface area contributed by atoms with Crippen molar-refractivity contribution in [2.75, 3.05) is 31.6 Å². The first kappa shape index (κ1) is 14.7. The Balaban J connectivity index is 2.71. The van der Waals surface area contributed by atoms with Gasteiger partial charge in [-0.2, -0.15) is 4.98 Å². The predicted octanol–water partition coefficient (Wildman–Crippen LogP) is 1.62. The van der Waals surface area contributed by atoms with E-state index >= 15 is 0 Å². The number of ether oxygens (including phenoxy) is 1. The second kappa shape index (κ2) is 7.16. The minimum absolute atomic E-state index is 0.505. The number of likely N-dealkylation sites (N-methyl/N-ethyl adjacent to an activating group) is 1. The molecule has 0 bridgehead atoms. The standard InChI is InChI=1S/C13H24N4O/c1-6-17(8-7-14-10(2)3)12-9-13(18-5)16-11(4)15-12/h9-10,14H,6-8H2,1-5H3. The number of rotatable bonds is 7. The fourth-order valence-electron chi connectivity index (χ4n) is 1.71. The van der Waals surface area contributed by atoms with Crippen LogP contribution < -0.4 is 15.0 Å². The molecule has 5 heteroatoms. The molecule has 0 saturated heterocycles. The van der Waals surface area contributed by atoms with Crippen LogP contribution in [0, 0.1) is 6.92 Å². The maximum atomic E-state index is 5.18. The third-order valence-corrected chi connectivity index (χ3v) is 2.65. The summed E-state index contributed by atoms with van der Waals surface area (Å²) in [5.74, 6) is 2.28. The molecule has 0 aliphatic rings. The predicted molar refractivity (Wildman–Crippen MR) is 74.3 cm³/mol. The minimum Gasteiger partial charge on any atom is -0.481 e. The van der Waals surface area contributed by atoms with Gasteiger partial charge in [-0.25, -0.2) is 4.98 Å². The van der Waals surface area contributed by atoms with Crippen molar-refractivity contribution in [3.8, 4) is 5.88 Å². The van der Waals surface area contributed by atoms with Crippen LogP contribution in [0.2, 0.25) is 0 Å². The number of nitrogens with zero attached hydrogens (tertiary/aromatic N) is 3. The molecule has 0 aliphatic carbocycles. The summed E-state index contributed by atoms with van der Waals surface area (Å²) in [4.78, 5) is 10.9. The molecule has 5 nitrogen and oxygen atoms in total. The molecule has 1 N–H and O–H groups in total. The third-order valence-electron chi connectivity index (χ3n) is 2.65. The van der Waals surface area contributed by atoms with Gasteiger partial charge in [0.15, 0.2) is 0 Å². The summed E-state index contributed by atoms with van der Waals surface area (Å²) >= 11 is 0. The first-order chi connectivity index (χ1) is 8.56. The third kappa shape index (κ3) is 4.49. The molecular formula is C13H24N4O. The molecule has 18 heavy (non-hydrogen) atoms. The lowest BCUT2D eigenvalue weighted by Crippen LogP contribution is -2.35. The van der Waals surface area contributed by atoms with Crippen LogP contribution in [-0.2, 0) is 0 Å². The maximum Gasteiger partial charge on any atom is 0.218 e. The highest BCUT2D eigenvalue weighted by molar-refractivity contribution is 5.41. The molecule has 0 spiro atoms. The van der Waals surface area contributed by atoms with Crippen LogP contribution in [0.5, 0.6) is 5.88 Å².